The second kappa shape index (κ2) is 5.43. The highest BCUT2D eigenvalue weighted by Gasteiger charge is 2.08. The van der Waals surface area contributed by atoms with E-state index in [1.165, 1.54) is 0 Å². The van der Waals surface area contributed by atoms with Crippen LogP contribution >= 0.6 is 0 Å². The van der Waals surface area contributed by atoms with Crippen molar-refractivity contribution in [3.05, 3.63) is 24.5 Å². The van der Waals surface area contributed by atoms with Crippen molar-refractivity contribution in [1.29, 1.82) is 0 Å². The van der Waals surface area contributed by atoms with Crippen LogP contribution < -0.4 is 4.74 Å². The van der Waals surface area contributed by atoms with Gasteiger partial charge in [-0.15, -0.1) is 0 Å². The molecule has 17 heavy (non-hydrogen) atoms. The number of aromatic nitrogens is 4. The number of hydrogen-bond acceptors (Lipinski definition) is 4. The van der Waals surface area contributed by atoms with E-state index in [-0.39, 0.29) is 0 Å². The Hall–Kier alpha value is -1.91. The summed E-state index contributed by atoms with van der Waals surface area (Å²) in [6, 6.07) is 3.67. The van der Waals surface area contributed by atoms with Crippen LogP contribution in [-0.2, 0) is 6.54 Å². The van der Waals surface area contributed by atoms with Gasteiger partial charge in [-0.2, -0.15) is 10.1 Å². The minimum Gasteiger partial charge on any atom is -0.478 e. The van der Waals surface area contributed by atoms with Crippen LogP contribution in [0.25, 0.3) is 11.5 Å². The van der Waals surface area contributed by atoms with E-state index >= 15 is 0 Å². The normalized spacial score (nSPS) is 10.5. The van der Waals surface area contributed by atoms with E-state index in [2.05, 4.69) is 22.0 Å². The number of nitrogens with zero attached hydrogens (tertiary/aromatic N) is 4. The molecule has 0 atom stereocenters. The topological polar surface area (TPSA) is 52.8 Å². The molecule has 0 aliphatic carbocycles. The monoisotopic (exact) mass is 232 g/mol. The third-order valence-corrected chi connectivity index (χ3v) is 2.30. The van der Waals surface area contributed by atoms with E-state index in [1.807, 2.05) is 17.7 Å². The smallest absolute Gasteiger partial charge is 0.216 e. The second-order valence-corrected chi connectivity index (χ2v) is 3.59. The van der Waals surface area contributed by atoms with Gasteiger partial charge in [0.25, 0.3) is 0 Å². The summed E-state index contributed by atoms with van der Waals surface area (Å²) >= 11 is 0. The maximum absolute atomic E-state index is 5.36. The van der Waals surface area contributed by atoms with Gasteiger partial charge in [-0.3, -0.25) is 4.68 Å². The molecule has 2 aromatic rings. The standard InChI is InChI=1S/C12H16N4O/c1-3-9-16-10(5-8-14-16)12-13-7-6-11(15-12)17-4-2/h5-8H,3-4,9H2,1-2H3. The van der Waals surface area contributed by atoms with E-state index < -0.39 is 0 Å². The zero-order valence-electron chi connectivity index (χ0n) is 10.1. The third-order valence-electron chi connectivity index (χ3n) is 2.30. The number of rotatable bonds is 5. The van der Waals surface area contributed by atoms with Crippen molar-refractivity contribution in [2.45, 2.75) is 26.8 Å². The van der Waals surface area contributed by atoms with Crippen molar-refractivity contribution in [1.82, 2.24) is 19.7 Å². The van der Waals surface area contributed by atoms with E-state index in [9.17, 15) is 0 Å². The molecule has 0 aromatic carbocycles. The summed E-state index contributed by atoms with van der Waals surface area (Å²) in [5.41, 5.74) is 0.924. The Balaban J connectivity index is 2.31. The molecule has 2 heterocycles. The Bertz CT molecular complexity index is 481. The average molecular weight is 232 g/mol. The molecule has 0 radical (unpaired) electrons. The predicted octanol–water partition coefficient (Wildman–Crippen LogP) is 2.15. The van der Waals surface area contributed by atoms with Gasteiger partial charge in [0.05, 0.1) is 6.61 Å². The Morgan fingerprint density at radius 1 is 1.24 bits per heavy atom. The maximum atomic E-state index is 5.36. The van der Waals surface area contributed by atoms with Crippen LogP contribution in [0.3, 0.4) is 0 Å². The average Bonchev–Trinajstić information content (AvgIpc) is 2.79. The minimum atomic E-state index is 0.599. The van der Waals surface area contributed by atoms with Crippen LogP contribution in [0, 0.1) is 0 Å². The second-order valence-electron chi connectivity index (χ2n) is 3.59. The molecule has 0 unspecified atom stereocenters. The molecule has 5 heteroatoms. The van der Waals surface area contributed by atoms with Crippen molar-refractivity contribution in [2.24, 2.45) is 0 Å². The van der Waals surface area contributed by atoms with Crippen LogP contribution in [0.4, 0.5) is 0 Å². The predicted molar refractivity (Wildman–Crippen MR) is 64.7 cm³/mol. The van der Waals surface area contributed by atoms with Crippen LogP contribution in [0.15, 0.2) is 24.5 Å². The summed E-state index contributed by atoms with van der Waals surface area (Å²) in [5, 5.41) is 4.25. The van der Waals surface area contributed by atoms with Crippen LogP contribution in [-0.4, -0.2) is 26.4 Å². The number of ether oxygens (including phenoxy) is 1. The van der Waals surface area contributed by atoms with Crippen LogP contribution in [0.1, 0.15) is 20.3 Å². The quantitative estimate of drug-likeness (QED) is 0.792. The molecular weight excluding hydrogens is 216 g/mol. The molecule has 0 N–H and O–H groups in total. The molecule has 90 valence electrons. The van der Waals surface area contributed by atoms with Gasteiger partial charge in [0, 0.05) is 25.0 Å². The molecule has 0 bridgehead atoms. The lowest BCUT2D eigenvalue weighted by atomic mass is 10.3. The molecule has 0 amide bonds. The Kier molecular flexibility index (Phi) is 3.69. The Morgan fingerprint density at radius 2 is 2.12 bits per heavy atom. The van der Waals surface area contributed by atoms with Crippen molar-refractivity contribution in [3.63, 3.8) is 0 Å². The lowest BCUT2D eigenvalue weighted by molar-refractivity contribution is 0.326. The number of aryl methyl sites for hydroxylation is 1. The Labute approximate surface area is 100 Å². The molecule has 0 fully saturated rings. The first-order valence-electron chi connectivity index (χ1n) is 5.83. The van der Waals surface area contributed by atoms with Crippen molar-refractivity contribution >= 4 is 0 Å². The fraction of sp³-hybridized carbons (Fsp3) is 0.417. The largest absolute Gasteiger partial charge is 0.478 e. The zero-order chi connectivity index (χ0) is 12.1. The molecule has 0 aliphatic rings. The van der Waals surface area contributed by atoms with Crippen molar-refractivity contribution < 1.29 is 4.74 Å². The van der Waals surface area contributed by atoms with E-state index in [4.69, 9.17) is 4.74 Å². The first kappa shape index (κ1) is 11.6. The molecule has 0 saturated heterocycles. The van der Waals surface area contributed by atoms with E-state index in [1.54, 1.807) is 18.5 Å². The molecule has 2 rings (SSSR count). The molecular formula is C12H16N4O. The molecule has 0 saturated carbocycles. The van der Waals surface area contributed by atoms with E-state index in [0.29, 0.717) is 18.3 Å². The maximum Gasteiger partial charge on any atom is 0.216 e. The van der Waals surface area contributed by atoms with Crippen molar-refractivity contribution in [2.75, 3.05) is 6.61 Å². The summed E-state index contributed by atoms with van der Waals surface area (Å²) in [4.78, 5) is 8.61. The highest BCUT2D eigenvalue weighted by molar-refractivity contribution is 5.49. The van der Waals surface area contributed by atoms with Crippen LogP contribution in [0.2, 0.25) is 0 Å². The fourth-order valence-electron chi connectivity index (χ4n) is 1.61. The lowest BCUT2D eigenvalue weighted by Crippen LogP contribution is -2.04. The van der Waals surface area contributed by atoms with Crippen LogP contribution in [0.5, 0.6) is 5.88 Å². The molecule has 5 nitrogen and oxygen atoms in total. The van der Waals surface area contributed by atoms with Gasteiger partial charge in [-0.25, -0.2) is 4.98 Å². The first-order chi connectivity index (χ1) is 8.35. The fourth-order valence-corrected chi connectivity index (χ4v) is 1.61. The summed E-state index contributed by atoms with van der Waals surface area (Å²) < 4.78 is 7.27. The van der Waals surface area contributed by atoms with E-state index in [0.717, 1.165) is 18.7 Å². The molecule has 2 aromatic heterocycles. The third kappa shape index (κ3) is 2.61. The first-order valence-corrected chi connectivity index (χ1v) is 5.83. The summed E-state index contributed by atoms with van der Waals surface area (Å²) in [6.45, 7) is 5.52. The van der Waals surface area contributed by atoms with Gasteiger partial charge in [-0.1, -0.05) is 6.92 Å². The SMILES string of the molecule is CCCn1nccc1-c1nccc(OCC)n1. The summed E-state index contributed by atoms with van der Waals surface area (Å²) in [6.07, 6.45) is 4.50. The van der Waals surface area contributed by atoms with Crippen molar-refractivity contribution in [3.8, 4) is 17.4 Å². The molecule has 0 aliphatic heterocycles. The lowest BCUT2D eigenvalue weighted by Gasteiger charge is -2.06. The number of hydrogen-bond donors (Lipinski definition) is 0. The van der Waals surface area contributed by atoms with Gasteiger partial charge in [-0.05, 0) is 19.4 Å². The highest BCUT2D eigenvalue weighted by Crippen LogP contribution is 2.17. The summed E-state index contributed by atoms with van der Waals surface area (Å²) in [5.74, 6) is 1.25. The summed E-state index contributed by atoms with van der Waals surface area (Å²) in [7, 11) is 0. The van der Waals surface area contributed by atoms with Gasteiger partial charge >= 0.3 is 0 Å². The molecule has 0 spiro atoms. The van der Waals surface area contributed by atoms with Gasteiger partial charge in [0.1, 0.15) is 5.69 Å². The minimum absolute atomic E-state index is 0.599. The zero-order valence-corrected chi connectivity index (χ0v) is 10.1. The van der Waals surface area contributed by atoms with Gasteiger partial charge < -0.3 is 4.74 Å². The van der Waals surface area contributed by atoms with Gasteiger partial charge in [0.15, 0.2) is 5.82 Å². The Morgan fingerprint density at radius 3 is 2.88 bits per heavy atom. The highest BCUT2D eigenvalue weighted by atomic mass is 16.5. The van der Waals surface area contributed by atoms with Gasteiger partial charge in [0.2, 0.25) is 5.88 Å².